The van der Waals surface area contributed by atoms with Gasteiger partial charge in [0.15, 0.2) is 10.9 Å². The molecule has 1 heterocycles. The summed E-state index contributed by atoms with van der Waals surface area (Å²) in [6.07, 6.45) is 0.212. The Kier molecular flexibility index (Phi) is 4.90. The number of hydrogen-bond acceptors (Lipinski definition) is 4. The van der Waals surface area contributed by atoms with Crippen LogP contribution in [-0.4, -0.2) is 16.7 Å². The van der Waals surface area contributed by atoms with Crippen LogP contribution in [0.1, 0.15) is 34.3 Å². The SMILES string of the molecule is Cc1ccc(C(=O)CCC(=O)Nc2nc3ccc(F)cc3s2)cc1C. The van der Waals surface area contributed by atoms with Crippen LogP contribution in [0, 0.1) is 19.7 Å². The lowest BCUT2D eigenvalue weighted by Gasteiger charge is -2.05. The molecule has 0 fully saturated rings. The van der Waals surface area contributed by atoms with Crippen LogP contribution in [0.4, 0.5) is 9.52 Å². The van der Waals surface area contributed by atoms with Gasteiger partial charge in [-0.05, 0) is 49.2 Å². The van der Waals surface area contributed by atoms with Crippen molar-refractivity contribution in [1.29, 1.82) is 0 Å². The van der Waals surface area contributed by atoms with E-state index in [1.807, 2.05) is 26.0 Å². The van der Waals surface area contributed by atoms with E-state index in [4.69, 9.17) is 0 Å². The molecule has 0 saturated heterocycles. The number of fused-ring (bicyclic) bond motifs is 1. The number of Topliss-reactive ketones (excluding diaryl/α,β-unsaturated/α-hetero) is 1. The topological polar surface area (TPSA) is 59.1 Å². The van der Waals surface area contributed by atoms with E-state index in [-0.39, 0.29) is 30.3 Å². The van der Waals surface area contributed by atoms with Crippen molar-refractivity contribution in [3.8, 4) is 0 Å². The molecule has 0 aliphatic rings. The number of benzene rings is 2. The second kappa shape index (κ2) is 7.11. The molecule has 0 radical (unpaired) electrons. The lowest BCUT2D eigenvalue weighted by molar-refractivity contribution is -0.116. The maximum Gasteiger partial charge on any atom is 0.226 e. The van der Waals surface area contributed by atoms with E-state index in [0.717, 1.165) is 11.1 Å². The first kappa shape index (κ1) is 17.2. The number of anilines is 1. The molecule has 6 heteroatoms. The number of ketones is 1. The first-order valence-electron chi connectivity index (χ1n) is 7.89. The summed E-state index contributed by atoms with van der Waals surface area (Å²) in [6, 6.07) is 9.81. The lowest BCUT2D eigenvalue weighted by atomic mass is 10.0. The monoisotopic (exact) mass is 356 g/mol. The molecule has 0 unspecified atom stereocenters. The molecule has 0 spiro atoms. The van der Waals surface area contributed by atoms with E-state index >= 15 is 0 Å². The van der Waals surface area contributed by atoms with Crippen molar-refractivity contribution in [3.05, 3.63) is 58.9 Å². The molecule has 3 aromatic rings. The van der Waals surface area contributed by atoms with Crippen molar-refractivity contribution in [3.63, 3.8) is 0 Å². The van der Waals surface area contributed by atoms with E-state index in [9.17, 15) is 14.0 Å². The zero-order valence-electron chi connectivity index (χ0n) is 13.9. The molecule has 128 valence electrons. The van der Waals surface area contributed by atoms with Crippen molar-refractivity contribution in [2.24, 2.45) is 0 Å². The summed E-state index contributed by atoms with van der Waals surface area (Å²) in [5.74, 6) is -0.686. The molecule has 0 aliphatic heterocycles. The highest BCUT2D eigenvalue weighted by Gasteiger charge is 2.12. The molecular weight excluding hydrogens is 339 g/mol. The number of nitrogens with one attached hydrogen (secondary N) is 1. The molecule has 1 aromatic heterocycles. The minimum atomic E-state index is -0.340. The third-order valence-electron chi connectivity index (χ3n) is 4.00. The lowest BCUT2D eigenvalue weighted by Crippen LogP contribution is -2.13. The molecule has 1 amide bonds. The van der Waals surface area contributed by atoms with Crippen molar-refractivity contribution in [2.75, 3.05) is 5.32 Å². The number of amides is 1. The Balaban J connectivity index is 1.59. The number of carbonyl (C=O) groups is 2. The van der Waals surface area contributed by atoms with Gasteiger partial charge in [0, 0.05) is 18.4 Å². The normalized spacial score (nSPS) is 10.8. The highest BCUT2D eigenvalue weighted by atomic mass is 32.1. The first-order chi connectivity index (χ1) is 11.9. The molecule has 4 nitrogen and oxygen atoms in total. The number of aryl methyl sites for hydroxylation is 2. The fourth-order valence-corrected chi connectivity index (χ4v) is 3.33. The van der Waals surface area contributed by atoms with Crippen molar-refractivity contribution in [2.45, 2.75) is 26.7 Å². The Morgan fingerprint density at radius 1 is 1.08 bits per heavy atom. The van der Waals surface area contributed by atoms with Gasteiger partial charge in [-0.2, -0.15) is 0 Å². The van der Waals surface area contributed by atoms with Crippen LogP contribution in [-0.2, 0) is 4.79 Å². The molecular formula is C19H17FN2O2S. The third-order valence-corrected chi connectivity index (χ3v) is 4.94. The smallest absolute Gasteiger partial charge is 0.226 e. The second-order valence-electron chi connectivity index (χ2n) is 5.90. The molecule has 0 aliphatic carbocycles. The fraction of sp³-hybridized carbons (Fsp3) is 0.211. The number of thiazole rings is 1. The van der Waals surface area contributed by atoms with Crippen LogP contribution in [0.2, 0.25) is 0 Å². The van der Waals surface area contributed by atoms with Crippen molar-refractivity contribution in [1.82, 2.24) is 4.98 Å². The highest BCUT2D eigenvalue weighted by molar-refractivity contribution is 7.22. The van der Waals surface area contributed by atoms with Crippen LogP contribution in [0.15, 0.2) is 36.4 Å². The van der Waals surface area contributed by atoms with Crippen LogP contribution in [0.5, 0.6) is 0 Å². The zero-order chi connectivity index (χ0) is 18.0. The van der Waals surface area contributed by atoms with E-state index in [1.54, 1.807) is 12.1 Å². The Hall–Kier alpha value is -2.60. The van der Waals surface area contributed by atoms with Crippen LogP contribution in [0.25, 0.3) is 10.2 Å². The van der Waals surface area contributed by atoms with Gasteiger partial charge in [-0.3, -0.25) is 9.59 Å². The van der Waals surface area contributed by atoms with E-state index < -0.39 is 0 Å². The maximum absolute atomic E-state index is 13.2. The van der Waals surface area contributed by atoms with Gasteiger partial charge in [0.1, 0.15) is 5.82 Å². The second-order valence-corrected chi connectivity index (χ2v) is 6.93. The Morgan fingerprint density at radius 3 is 2.64 bits per heavy atom. The minimum absolute atomic E-state index is 0.0652. The van der Waals surface area contributed by atoms with E-state index in [0.29, 0.717) is 20.9 Å². The van der Waals surface area contributed by atoms with E-state index in [1.165, 1.54) is 23.5 Å². The minimum Gasteiger partial charge on any atom is -0.302 e. The van der Waals surface area contributed by atoms with Crippen molar-refractivity contribution >= 4 is 38.4 Å². The molecule has 0 atom stereocenters. The number of halogens is 1. The predicted molar refractivity (Wildman–Crippen MR) is 97.7 cm³/mol. The molecule has 2 aromatic carbocycles. The van der Waals surface area contributed by atoms with Gasteiger partial charge in [-0.15, -0.1) is 0 Å². The average molecular weight is 356 g/mol. The van der Waals surface area contributed by atoms with Crippen LogP contribution in [0.3, 0.4) is 0 Å². The average Bonchev–Trinajstić information content (AvgIpc) is 2.96. The molecule has 0 saturated carbocycles. The van der Waals surface area contributed by atoms with E-state index in [2.05, 4.69) is 10.3 Å². The number of hydrogen-bond donors (Lipinski definition) is 1. The van der Waals surface area contributed by atoms with Crippen LogP contribution >= 0.6 is 11.3 Å². The summed E-state index contributed by atoms with van der Waals surface area (Å²) in [4.78, 5) is 28.5. The molecule has 25 heavy (non-hydrogen) atoms. The van der Waals surface area contributed by atoms with Gasteiger partial charge in [-0.1, -0.05) is 23.5 Å². The van der Waals surface area contributed by atoms with Gasteiger partial charge >= 0.3 is 0 Å². The summed E-state index contributed by atoms with van der Waals surface area (Å²) in [6.45, 7) is 3.94. The van der Waals surface area contributed by atoms with Gasteiger partial charge in [-0.25, -0.2) is 9.37 Å². The van der Waals surface area contributed by atoms with Gasteiger partial charge in [0.25, 0.3) is 0 Å². The fourth-order valence-electron chi connectivity index (χ4n) is 2.42. The summed E-state index contributed by atoms with van der Waals surface area (Å²) >= 11 is 1.21. The Morgan fingerprint density at radius 2 is 1.88 bits per heavy atom. The van der Waals surface area contributed by atoms with Gasteiger partial charge in [0.05, 0.1) is 10.2 Å². The Labute approximate surface area is 148 Å². The quantitative estimate of drug-likeness (QED) is 0.677. The molecule has 0 bridgehead atoms. The predicted octanol–water partition coefficient (Wildman–Crippen LogP) is 4.65. The Bertz CT molecular complexity index is 965. The maximum atomic E-state index is 13.2. The van der Waals surface area contributed by atoms with Crippen molar-refractivity contribution < 1.29 is 14.0 Å². The number of nitrogens with zero attached hydrogens (tertiary/aromatic N) is 1. The van der Waals surface area contributed by atoms with Gasteiger partial charge in [0.2, 0.25) is 5.91 Å². The number of rotatable bonds is 5. The summed E-state index contributed by atoms with van der Waals surface area (Å²) in [5.41, 5.74) is 3.43. The molecule has 3 rings (SSSR count). The zero-order valence-corrected chi connectivity index (χ0v) is 14.7. The number of carbonyl (C=O) groups excluding carboxylic acids is 2. The summed E-state index contributed by atoms with van der Waals surface area (Å²) < 4.78 is 13.9. The molecule has 1 N–H and O–H groups in total. The summed E-state index contributed by atoms with van der Waals surface area (Å²) in [5, 5.41) is 3.08. The summed E-state index contributed by atoms with van der Waals surface area (Å²) in [7, 11) is 0. The number of aromatic nitrogens is 1. The van der Waals surface area contributed by atoms with Crippen LogP contribution < -0.4 is 5.32 Å². The standard InChI is InChI=1S/C19H17FN2O2S/c1-11-3-4-13(9-12(11)2)16(23)7-8-18(24)22-19-21-15-6-5-14(20)10-17(15)25-19/h3-6,9-10H,7-8H2,1-2H3,(H,21,22,24). The largest absolute Gasteiger partial charge is 0.302 e. The third kappa shape index (κ3) is 4.09. The highest BCUT2D eigenvalue weighted by Crippen LogP contribution is 2.26. The van der Waals surface area contributed by atoms with Gasteiger partial charge < -0.3 is 5.32 Å². The first-order valence-corrected chi connectivity index (χ1v) is 8.70.